The van der Waals surface area contributed by atoms with Crippen LogP contribution >= 0.6 is 0 Å². The molecular weight excluding hydrogens is 363 g/mol. The molecule has 1 saturated heterocycles. The third kappa shape index (κ3) is 3.59. The van der Waals surface area contributed by atoms with Gasteiger partial charge >= 0.3 is 5.97 Å². The van der Waals surface area contributed by atoms with Gasteiger partial charge in [-0.3, -0.25) is 9.59 Å². The molecule has 9 heteroatoms. The van der Waals surface area contributed by atoms with E-state index in [1.165, 1.54) is 22.5 Å². The van der Waals surface area contributed by atoms with E-state index in [4.69, 9.17) is 5.11 Å². The van der Waals surface area contributed by atoms with Gasteiger partial charge in [0.2, 0.25) is 15.9 Å². The Balaban J connectivity index is 1.56. The van der Waals surface area contributed by atoms with Crippen molar-refractivity contribution in [2.75, 3.05) is 19.6 Å². The molecule has 1 aromatic carbocycles. The topological polar surface area (TPSA) is 104 Å². The number of carbonyl (C=O) groups excluding carboxylic acids is 1. The Kier molecular flexibility index (Phi) is 5.03. The van der Waals surface area contributed by atoms with Crippen LogP contribution in [0.3, 0.4) is 0 Å². The SMILES string of the molecule is O=C(NCC1(C(=O)O)CC1)C1CCN(S(=O)(=O)c2ccccc2F)CC1. The minimum absolute atomic E-state index is 0.106. The molecular formula is C17H21FN2O5S. The second kappa shape index (κ2) is 6.96. The van der Waals surface area contributed by atoms with Crippen LogP contribution in [0.1, 0.15) is 25.7 Å². The number of aliphatic carboxylic acids is 1. The van der Waals surface area contributed by atoms with E-state index in [2.05, 4.69) is 5.32 Å². The Hall–Kier alpha value is -2.00. The van der Waals surface area contributed by atoms with Crippen LogP contribution in [-0.2, 0) is 19.6 Å². The van der Waals surface area contributed by atoms with Crippen LogP contribution in [-0.4, -0.2) is 49.3 Å². The van der Waals surface area contributed by atoms with Crippen LogP contribution in [0.4, 0.5) is 4.39 Å². The summed E-state index contributed by atoms with van der Waals surface area (Å²) in [6.45, 7) is 0.354. The summed E-state index contributed by atoms with van der Waals surface area (Å²) in [7, 11) is -3.93. The summed E-state index contributed by atoms with van der Waals surface area (Å²) in [5.41, 5.74) is -0.829. The van der Waals surface area contributed by atoms with Gasteiger partial charge in [0.15, 0.2) is 0 Å². The molecule has 1 aliphatic carbocycles. The lowest BCUT2D eigenvalue weighted by molar-refractivity contribution is -0.143. The van der Waals surface area contributed by atoms with Gasteiger partial charge in [-0.25, -0.2) is 12.8 Å². The van der Waals surface area contributed by atoms with Crippen LogP contribution in [0.5, 0.6) is 0 Å². The normalized spacial score (nSPS) is 20.5. The minimum atomic E-state index is -3.93. The number of carboxylic acid groups (broad SMARTS) is 1. The third-order valence-electron chi connectivity index (χ3n) is 5.19. The maximum Gasteiger partial charge on any atom is 0.311 e. The van der Waals surface area contributed by atoms with Crippen molar-refractivity contribution in [2.45, 2.75) is 30.6 Å². The highest BCUT2D eigenvalue weighted by Crippen LogP contribution is 2.45. The molecule has 1 amide bonds. The van der Waals surface area contributed by atoms with Gasteiger partial charge in [0.1, 0.15) is 10.7 Å². The highest BCUT2D eigenvalue weighted by atomic mass is 32.2. The summed E-state index contributed by atoms with van der Waals surface area (Å²) in [5, 5.41) is 11.8. The van der Waals surface area contributed by atoms with Crippen molar-refractivity contribution < 1.29 is 27.5 Å². The molecule has 3 rings (SSSR count). The number of carbonyl (C=O) groups is 2. The van der Waals surface area contributed by atoms with E-state index in [-0.39, 0.29) is 36.4 Å². The number of hydrogen-bond donors (Lipinski definition) is 2. The highest BCUT2D eigenvalue weighted by molar-refractivity contribution is 7.89. The molecule has 0 bridgehead atoms. The predicted octanol–water partition coefficient (Wildman–Crippen LogP) is 1.21. The monoisotopic (exact) mass is 384 g/mol. The van der Waals surface area contributed by atoms with Crippen molar-refractivity contribution in [1.29, 1.82) is 0 Å². The standard InChI is InChI=1S/C17H21FN2O5S/c18-13-3-1-2-4-14(13)26(24,25)20-9-5-12(6-10-20)15(21)19-11-17(7-8-17)16(22)23/h1-4,12H,5-11H2,(H,19,21)(H,22,23). The van der Waals surface area contributed by atoms with E-state index in [0.29, 0.717) is 25.7 Å². The van der Waals surface area contributed by atoms with Crippen molar-refractivity contribution in [1.82, 2.24) is 9.62 Å². The summed E-state index contributed by atoms with van der Waals surface area (Å²) in [5.74, 6) is -2.31. The van der Waals surface area contributed by atoms with Crippen LogP contribution in [0.2, 0.25) is 0 Å². The van der Waals surface area contributed by atoms with Gasteiger partial charge in [0.05, 0.1) is 5.41 Å². The number of nitrogens with one attached hydrogen (secondary N) is 1. The second-order valence-corrected chi connectivity index (χ2v) is 8.82. The maximum absolute atomic E-state index is 13.8. The lowest BCUT2D eigenvalue weighted by Gasteiger charge is -2.30. The molecule has 2 N–H and O–H groups in total. The Morgan fingerprint density at radius 1 is 1.23 bits per heavy atom. The lowest BCUT2D eigenvalue weighted by atomic mass is 9.97. The van der Waals surface area contributed by atoms with Crippen molar-refractivity contribution >= 4 is 21.9 Å². The molecule has 0 spiro atoms. The van der Waals surface area contributed by atoms with Crippen LogP contribution < -0.4 is 5.32 Å². The van der Waals surface area contributed by atoms with Gasteiger partial charge in [-0.15, -0.1) is 0 Å². The number of hydrogen-bond acceptors (Lipinski definition) is 4. The molecule has 2 aliphatic rings. The average molecular weight is 384 g/mol. The molecule has 1 aliphatic heterocycles. The number of carboxylic acids is 1. The first-order chi connectivity index (χ1) is 12.3. The Labute approximate surface area is 151 Å². The first kappa shape index (κ1) is 18.8. The fourth-order valence-electron chi connectivity index (χ4n) is 3.17. The fraction of sp³-hybridized carbons (Fsp3) is 0.529. The molecule has 2 fully saturated rings. The molecule has 1 heterocycles. The van der Waals surface area contributed by atoms with Gasteiger partial charge in [0, 0.05) is 25.6 Å². The first-order valence-corrected chi connectivity index (χ1v) is 9.96. The molecule has 0 atom stereocenters. The molecule has 0 radical (unpaired) electrons. The molecule has 142 valence electrons. The number of piperidine rings is 1. The Morgan fingerprint density at radius 2 is 1.85 bits per heavy atom. The number of halogens is 1. The fourth-order valence-corrected chi connectivity index (χ4v) is 4.70. The molecule has 1 saturated carbocycles. The maximum atomic E-state index is 13.8. The average Bonchev–Trinajstić information content (AvgIpc) is 3.41. The smallest absolute Gasteiger partial charge is 0.311 e. The number of benzene rings is 1. The molecule has 1 aromatic rings. The highest BCUT2D eigenvalue weighted by Gasteiger charge is 2.50. The number of sulfonamides is 1. The van der Waals surface area contributed by atoms with Crippen molar-refractivity contribution in [2.24, 2.45) is 11.3 Å². The third-order valence-corrected chi connectivity index (χ3v) is 7.12. The van der Waals surface area contributed by atoms with Crippen molar-refractivity contribution in [3.8, 4) is 0 Å². The van der Waals surface area contributed by atoms with E-state index in [1.807, 2.05) is 0 Å². The van der Waals surface area contributed by atoms with Gasteiger partial charge in [-0.2, -0.15) is 4.31 Å². The molecule has 26 heavy (non-hydrogen) atoms. The second-order valence-electron chi connectivity index (χ2n) is 6.91. The van der Waals surface area contributed by atoms with Crippen molar-refractivity contribution in [3.63, 3.8) is 0 Å². The zero-order valence-electron chi connectivity index (χ0n) is 14.2. The molecule has 0 aromatic heterocycles. The minimum Gasteiger partial charge on any atom is -0.481 e. The zero-order valence-corrected chi connectivity index (χ0v) is 15.0. The molecule has 7 nitrogen and oxygen atoms in total. The van der Waals surface area contributed by atoms with Gasteiger partial charge < -0.3 is 10.4 Å². The summed E-state index contributed by atoms with van der Waals surface area (Å²) >= 11 is 0. The summed E-state index contributed by atoms with van der Waals surface area (Å²) < 4.78 is 40.1. The van der Waals surface area contributed by atoms with Gasteiger partial charge in [-0.05, 0) is 37.8 Å². The molecule has 0 unspecified atom stereocenters. The van der Waals surface area contributed by atoms with Gasteiger partial charge in [0.25, 0.3) is 0 Å². The number of rotatable bonds is 6. The summed E-state index contributed by atoms with van der Waals surface area (Å²) in [4.78, 5) is 23.0. The summed E-state index contributed by atoms with van der Waals surface area (Å²) in [6.07, 6.45) is 1.75. The van der Waals surface area contributed by atoms with E-state index < -0.39 is 27.2 Å². The van der Waals surface area contributed by atoms with E-state index in [1.54, 1.807) is 0 Å². The van der Waals surface area contributed by atoms with Crippen LogP contribution in [0, 0.1) is 17.2 Å². The van der Waals surface area contributed by atoms with Crippen LogP contribution in [0.15, 0.2) is 29.2 Å². The number of nitrogens with zero attached hydrogens (tertiary/aromatic N) is 1. The van der Waals surface area contributed by atoms with Crippen molar-refractivity contribution in [3.05, 3.63) is 30.1 Å². The summed E-state index contributed by atoms with van der Waals surface area (Å²) in [6, 6.07) is 5.22. The quantitative estimate of drug-likeness (QED) is 0.767. The number of amides is 1. The Morgan fingerprint density at radius 3 is 2.38 bits per heavy atom. The lowest BCUT2D eigenvalue weighted by Crippen LogP contribution is -2.44. The Bertz CT molecular complexity index is 814. The van der Waals surface area contributed by atoms with Gasteiger partial charge in [-0.1, -0.05) is 12.1 Å². The van der Waals surface area contributed by atoms with E-state index >= 15 is 0 Å². The van der Waals surface area contributed by atoms with E-state index in [9.17, 15) is 22.4 Å². The zero-order chi connectivity index (χ0) is 18.9. The first-order valence-electron chi connectivity index (χ1n) is 8.52. The predicted molar refractivity (Wildman–Crippen MR) is 90.2 cm³/mol. The van der Waals surface area contributed by atoms with Crippen LogP contribution in [0.25, 0.3) is 0 Å². The largest absolute Gasteiger partial charge is 0.481 e. The van der Waals surface area contributed by atoms with E-state index in [0.717, 1.165) is 6.07 Å².